The fraction of sp³-hybridized carbons (Fsp3) is 0.400. The monoisotopic (exact) mass is 304 g/mol. The van der Waals surface area contributed by atoms with Gasteiger partial charge in [0, 0.05) is 13.1 Å². The number of cyclic esters (lactones) is 1. The second kappa shape index (κ2) is 6.05. The van der Waals surface area contributed by atoms with E-state index in [1.54, 1.807) is 0 Å². The highest BCUT2D eigenvalue weighted by Gasteiger charge is 2.31. The van der Waals surface area contributed by atoms with E-state index in [-0.39, 0.29) is 31.5 Å². The van der Waals surface area contributed by atoms with Gasteiger partial charge in [0.2, 0.25) is 0 Å². The van der Waals surface area contributed by atoms with Crippen LogP contribution in [0.15, 0.2) is 24.3 Å². The number of nitrogens with zero attached hydrogens (tertiary/aromatic N) is 1. The average molecular weight is 304 g/mol. The molecule has 1 unspecified atom stereocenters. The molecule has 1 fully saturated rings. The summed E-state index contributed by atoms with van der Waals surface area (Å²) in [6, 6.07) is 7.63. The molecule has 3 rings (SSSR count). The van der Waals surface area contributed by atoms with Gasteiger partial charge in [0.25, 0.3) is 11.8 Å². The number of benzene rings is 1. The molecule has 0 saturated carbocycles. The van der Waals surface area contributed by atoms with Crippen LogP contribution < -0.4 is 10.1 Å². The number of imide groups is 1. The van der Waals surface area contributed by atoms with Crippen LogP contribution in [0.2, 0.25) is 0 Å². The zero-order valence-electron chi connectivity index (χ0n) is 11.9. The van der Waals surface area contributed by atoms with Crippen molar-refractivity contribution < 1.29 is 23.9 Å². The maximum atomic E-state index is 12.1. The van der Waals surface area contributed by atoms with Crippen molar-refractivity contribution >= 4 is 17.9 Å². The average Bonchev–Trinajstić information content (AvgIpc) is 2.86. The van der Waals surface area contributed by atoms with Gasteiger partial charge in [-0.1, -0.05) is 18.2 Å². The maximum absolute atomic E-state index is 12.1. The third-order valence-electron chi connectivity index (χ3n) is 3.69. The standard InChI is InChI=1S/C15H16N2O5/c18-13-9-21-15(20)17(13)8-7-16-14(19)12-6-5-10-3-1-2-4-11(10)22-12/h1-4,12H,5-9H2,(H,16,19). The van der Waals surface area contributed by atoms with Crippen molar-refractivity contribution in [1.82, 2.24) is 10.2 Å². The number of carbonyl (C=O) groups is 3. The number of aryl methyl sites for hydroxylation is 1. The number of para-hydroxylation sites is 1. The van der Waals surface area contributed by atoms with Gasteiger partial charge in [-0.2, -0.15) is 0 Å². The molecule has 0 aliphatic carbocycles. The van der Waals surface area contributed by atoms with Crippen molar-refractivity contribution in [3.63, 3.8) is 0 Å². The van der Waals surface area contributed by atoms with Crippen LogP contribution in [0.4, 0.5) is 4.79 Å². The van der Waals surface area contributed by atoms with E-state index in [9.17, 15) is 14.4 Å². The minimum atomic E-state index is -0.665. The number of hydrogen-bond donors (Lipinski definition) is 1. The first-order valence-electron chi connectivity index (χ1n) is 7.14. The van der Waals surface area contributed by atoms with Gasteiger partial charge in [0.1, 0.15) is 5.75 Å². The first-order valence-corrected chi connectivity index (χ1v) is 7.14. The highest BCUT2D eigenvalue weighted by atomic mass is 16.6. The number of amides is 3. The molecule has 7 heteroatoms. The smallest absolute Gasteiger partial charge is 0.417 e. The van der Waals surface area contributed by atoms with E-state index in [0.717, 1.165) is 22.6 Å². The topological polar surface area (TPSA) is 84.9 Å². The van der Waals surface area contributed by atoms with Crippen LogP contribution in [0.25, 0.3) is 0 Å². The van der Waals surface area contributed by atoms with E-state index >= 15 is 0 Å². The first kappa shape index (κ1) is 14.4. The van der Waals surface area contributed by atoms with E-state index in [0.29, 0.717) is 6.42 Å². The summed E-state index contributed by atoms with van der Waals surface area (Å²) in [6.07, 6.45) is 0.178. The number of nitrogens with one attached hydrogen (secondary N) is 1. The largest absolute Gasteiger partial charge is 0.480 e. The van der Waals surface area contributed by atoms with Gasteiger partial charge in [0.05, 0.1) is 0 Å². The molecule has 0 aromatic heterocycles. The molecule has 1 atom stereocenters. The molecule has 1 aromatic rings. The van der Waals surface area contributed by atoms with Crippen LogP contribution in [-0.2, 0) is 20.7 Å². The Balaban J connectivity index is 1.49. The normalized spacial score (nSPS) is 20.2. The second-order valence-corrected chi connectivity index (χ2v) is 5.14. The molecule has 3 amide bonds. The number of hydrogen-bond acceptors (Lipinski definition) is 5. The van der Waals surface area contributed by atoms with Crippen LogP contribution in [-0.4, -0.2) is 48.6 Å². The summed E-state index contributed by atoms with van der Waals surface area (Å²) >= 11 is 0. The predicted octanol–water partition coefficient (Wildman–Crippen LogP) is 0.475. The van der Waals surface area contributed by atoms with Crippen LogP contribution >= 0.6 is 0 Å². The molecule has 0 radical (unpaired) electrons. The van der Waals surface area contributed by atoms with Gasteiger partial charge in [-0.05, 0) is 24.5 Å². The molecule has 2 heterocycles. The van der Waals surface area contributed by atoms with E-state index in [1.165, 1.54) is 0 Å². The Morgan fingerprint density at radius 2 is 2.14 bits per heavy atom. The molecule has 22 heavy (non-hydrogen) atoms. The molecule has 2 aliphatic rings. The Bertz CT molecular complexity index is 600. The molecule has 0 spiro atoms. The third kappa shape index (κ3) is 2.88. The van der Waals surface area contributed by atoms with Gasteiger partial charge >= 0.3 is 6.09 Å². The molecule has 1 aromatic carbocycles. The lowest BCUT2D eigenvalue weighted by molar-refractivity contribution is -0.129. The Kier molecular flexibility index (Phi) is 3.95. The van der Waals surface area contributed by atoms with Gasteiger partial charge in [0.15, 0.2) is 12.7 Å². The Hall–Kier alpha value is -2.57. The zero-order chi connectivity index (χ0) is 15.5. The van der Waals surface area contributed by atoms with E-state index in [2.05, 4.69) is 10.1 Å². The summed E-state index contributed by atoms with van der Waals surface area (Å²) in [6.45, 7) is 0.0587. The molecule has 1 saturated heterocycles. The molecular weight excluding hydrogens is 288 g/mol. The lowest BCUT2D eigenvalue weighted by atomic mass is 10.0. The van der Waals surface area contributed by atoms with Crippen molar-refractivity contribution in [1.29, 1.82) is 0 Å². The highest BCUT2D eigenvalue weighted by molar-refractivity contribution is 5.97. The third-order valence-corrected chi connectivity index (χ3v) is 3.69. The molecular formula is C15H16N2O5. The van der Waals surface area contributed by atoms with Crippen molar-refractivity contribution in [2.75, 3.05) is 19.7 Å². The quantitative estimate of drug-likeness (QED) is 0.874. The summed E-state index contributed by atoms with van der Waals surface area (Å²) in [4.78, 5) is 35.7. The minimum absolute atomic E-state index is 0.104. The highest BCUT2D eigenvalue weighted by Crippen LogP contribution is 2.26. The van der Waals surface area contributed by atoms with Gasteiger partial charge in [-0.15, -0.1) is 0 Å². The van der Waals surface area contributed by atoms with E-state index in [4.69, 9.17) is 4.74 Å². The minimum Gasteiger partial charge on any atom is -0.480 e. The lowest BCUT2D eigenvalue weighted by Crippen LogP contribution is -2.44. The maximum Gasteiger partial charge on any atom is 0.417 e. The summed E-state index contributed by atoms with van der Waals surface area (Å²) in [5.74, 6) is 0.101. The summed E-state index contributed by atoms with van der Waals surface area (Å²) in [7, 11) is 0. The Morgan fingerprint density at radius 1 is 1.32 bits per heavy atom. The van der Waals surface area contributed by atoms with Gasteiger partial charge in [-0.25, -0.2) is 9.69 Å². The number of fused-ring (bicyclic) bond motifs is 1. The predicted molar refractivity (Wildman–Crippen MR) is 75.2 cm³/mol. The molecule has 2 aliphatic heterocycles. The van der Waals surface area contributed by atoms with Crippen molar-refractivity contribution in [2.45, 2.75) is 18.9 Å². The van der Waals surface area contributed by atoms with Crippen LogP contribution in [0.5, 0.6) is 5.75 Å². The summed E-state index contributed by atoms with van der Waals surface area (Å²) < 4.78 is 10.3. The molecule has 0 bridgehead atoms. The SMILES string of the molecule is O=C(NCCN1C(=O)COC1=O)C1CCc2ccccc2O1. The summed E-state index contributed by atoms with van der Waals surface area (Å²) in [5.41, 5.74) is 1.09. The van der Waals surface area contributed by atoms with Crippen LogP contribution in [0.1, 0.15) is 12.0 Å². The van der Waals surface area contributed by atoms with E-state index in [1.807, 2.05) is 24.3 Å². The second-order valence-electron chi connectivity index (χ2n) is 5.14. The Morgan fingerprint density at radius 3 is 2.91 bits per heavy atom. The molecule has 7 nitrogen and oxygen atoms in total. The van der Waals surface area contributed by atoms with Crippen molar-refractivity contribution in [3.8, 4) is 5.75 Å². The molecule has 116 valence electrons. The number of ether oxygens (including phenoxy) is 2. The fourth-order valence-corrected chi connectivity index (χ4v) is 2.51. The van der Waals surface area contributed by atoms with Crippen molar-refractivity contribution in [2.24, 2.45) is 0 Å². The van der Waals surface area contributed by atoms with Gasteiger partial charge < -0.3 is 14.8 Å². The van der Waals surface area contributed by atoms with Crippen LogP contribution in [0.3, 0.4) is 0 Å². The number of rotatable bonds is 4. The number of carbonyl (C=O) groups excluding carboxylic acids is 3. The van der Waals surface area contributed by atoms with Crippen LogP contribution in [0, 0.1) is 0 Å². The Labute approximate surface area is 127 Å². The lowest BCUT2D eigenvalue weighted by Gasteiger charge is -2.25. The van der Waals surface area contributed by atoms with Gasteiger partial charge in [-0.3, -0.25) is 9.59 Å². The van der Waals surface area contributed by atoms with E-state index < -0.39 is 12.2 Å². The summed E-state index contributed by atoms with van der Waals surface area (Å²) in [5, 5.41) is 2.69. The first-order chi connectivity index (χ1) is 10.6. The fourth-order valence-electron chi connectivity index (χ4n) is 2.51. The van der Waals surface area contributed by atoms with Crippen molar-refractivity contribution in [3.05, 3.63) is 29.8 Å². The zero-order valence-corrected chi connectivity index (χ0v) is 11.9. The molecule has 1 N–H and O–H groups in total.